The topological polar surface area (TPSA) is 139 Å². The zero-order chi connectivity index (χ0) is 33.0. The van der Waals surface area contributed by atoms with Gasteiger partial charge in [0, 0.05) is 33.1 Å². The van der Waals surface area contributed by atoms with Gasteiger partial charge in [0.2, 0.25) is 10.0 Å². The molecule has 15 heteroatoms. The maximum absolute atomic E-state index is 13.7. The van der Waals surface area contributed by atoms with E-state index >= 15 is 0 Å². The Morgan fingerprint density at radius 2 is 1.70 bits per heavy atom. The molecule has 0 fully saturated rings. The second-order valence-electron chi connectivity index (χ2n) is 10.5. The second kappa shape index (κ2) is 13.8. The van der Waals surface area contributed by atoms with Crippen LogP contribution in [-0.2, 0) is 28.4 Å². The van der Waals surface area contributed by atoms with Gasteiger partial charge in [0.15, 0.2) is 11.0 Å². The molecule has 240 valence electrons. The molecule has 0 bridgehead atoms. The SMILES string of the molecule is COc1ccc(C2=NN(C(=O)CSc3nnc(CNC(=O)c4ccc(S(=O)(=O)N(C)C)cc4)n3C)[C@@H](c3ccc(F)cc3)C2)cc1. The number of carbonyl (C=O) groups is 2. The molecule has 1 atom stereocenters. The van der Waals surface area contributed by atoms with Crippen molar-refractivity contribution in [2.24, 2.45) is 12.1 Å². The number of benzene rings is 3. The zero-order valence-electron chi connectivity index (χ0n) is 25.5. The number of rotatable bonds is 11. The van der Waals surface area contributed by atoms with E-state index in [9.17, 15) is 22.4 Å². The third-order valence-electron chi connectivity index (χ3n) is 7.40. The minimum atomic E-state index is -3.61. The van der Waals surface area contributed by atoms with Gasteiger partial charge < -0.3 is 14.6 Å². The summed E-state index contributed by atoms with van der Waals surface area (Å²) in [5, 5.41) is 17.7. The third kappa shape index (κ3) is 7.11. The Labute approximate surface area is 270 Å². The molecule has 0 aliphatic carbocycles. The lowest BCUT2D eigenvalue weighted by atomic mass is 9.98. The van der Waals surface area contributed by atoms with Crippen LogP contribution in [0, 0.1) is 5.82 Å². The summed E-state index contributed by atoms with van der Waals surface area (Å²) in [6.45, 7) is 0.0584. The lowest BCUT2D eigenvalue weighted by Crippen LogP contribution is -2.28. The van der Waals surface area contributed by atoms with Crippen LogP contribution in [0.2, 0.25) is 0 Å². The average molecular weight is 666 g/mol. The van der Waals surface area contributed by atoms with Gasteiger partial charge in [-0.2, -0.15) is 5.10 Å². The van der Waals surface area contributed by atoms with E-state index in [4.69, 9.17) is 4.74 Å². The van der Waals surface area contributed by atoms with E-state index < -0.39 is 22.0 Å². The maximum atomic E-state index is 13.7. The Kier molecular flexibility index (Phi) is 9.84. The van der Waals surface area contributed by atoms with Gasteiger partial charge >= 0.3 is 0 Å². The van der Waals surface area contributed by atoms with E-state index in [0.29, 0.717) is 23.2 Å². The summed E-state index contributed by atoms with van der Waals surface area (Å²) in [6, 6.07) is 18.7. The highest BCUT2D eigenvalue weighted by Crippen LogP contribution is 2.34. The number of carbonyl (C=O) groups excluding carboxylic acids is 2. The Bertz CT molecular complexity index is 1860. The maximum Gasteiger partial charge on any atom is 0.253 e. The number of nitrogens with zero attached hydrogens (tertiary/aromatic N) is 6. The van der Waals surface area contributed by atoms with Crippen molar-refractivity contribution in [1.82, 2.24) is 29.4 Å². The van der Waals surface area contributed by atoms with Crippen LogP contribution < -0.4 is 10.1 Å². The summed E-state index contributed by atoms with van der Waals surface area (Å²) in [5.41, 5.74) is 2.62. The number of hydrogen-bond acceptors (Lipinski definition) is 9. The fourth-order valence-electron chi connectivity index (χ4n) is 4.71. The van der Waals surface area contributed by atoms with Crippen molar-refractivity contribution in [3.63, 3.8) is 0 Å². The molecule has 5 rings (SSSR count). The lowest BCUT2D eigenvalue weighted by molar-refractivity contribution is -0.130. The predicted octanol–water partition coefficient (Wildman–Crippen LogP) is 3.61. The van der Waals surface area contributed by atoms with Crippen molar-refractivity contribution in [2.45, 2.75) is 29.1 Å². The Morgan fingerprint density at radius 3 is 2.33 bits per heavy atom. The van der Waals surface area contributed by atoms with Crippen LogP contribution in [-0.4, -0.2) is 77.0 Å². The number of hydrogen-bond donors (Lipinski definition) is 1. The number of nitrogens with one attached hydrogen (secondary N) is 1. The summed E-state index contributed by atoms with van der Waals surface area (Å²) < 4.78 is 46.3. The van der Waals surface area contributed by atoms with E-state index in [2.05, 4.69) is 20.6 Å². The lowest BCUT2D eigenvalue weighted by Gasteiger charge is -2.22. The molecule has 2 amide bonds. The molecule has 1 N–H and O–H groups in total. The zero-order valence-corrected chi connectivity index (χ0v) is 27.2. The first-order chi connectivity index (χ1) is 22.0. The Hall–Kier alpha value is -4.60. The first-order valence-electron chi connectivity index (χ1n) is 14.1. The van der Waals surface area contributed by atoms with Gasteiger partial charge in [-0.1, -0.05) is 23.9 Å². The summed E-state index contributed by atoms with van der Waals surface area (Å²) in [4.78, 5) is 26.3. The number of amides is 2. The predicted molar refractivity (Wildman–Crippen MR) is 170 cm³/mol. The van der Waals surface area contributed by atoms with Crippen LogP contribution in [0.25, 0.3) is 0 Å². The molecule has 1 aliphatic rings. The normalized spacial score (nSPS) is 14.8. The van der Waals surface area contributed by atoms with Gasteiger partial charge in [-0.25, -0.2) is 22.1 Å². The van der Waals surface area contributed by atoms with Gasteiger partial charge in [-0.05, 0) is 71.8 Å². The molecule has 2 heterocycles. The van der Waals surface area contributed by atoms with E-state index in [-0.39, 0.29) is 34.5 Å². The van der Waals surface area contributed by atoms with E-state index in [0.717, 1.165) is 21.1 Å². The number of aromatic nitrogens is 3. The quantitative estimate of drug-likeness (QED) is 0.240. The minimum Gasteiger partial charge on any atom is -0.497 e. The van der Waals surface area contributed by atoms with Crippen molar-refractivity contribution in [3.8, 4) is 5.75 Å². The molecule has 0 unspecified atom stereocenters. The number of hydrazone groups is 1. The van der Waals surface area contributed by atoms with Crippen molar-refractivity contribution in [1.29, 1.82) is 0 Å². The fourth-order valence-corrected chi connectivity index (χ4v) is 6.39. The largest absolute Gasteiger partial charge is 0.497 e. The molecule has 4 aromatic rings. The summed E-state index contributed by atoms with van der Waals surface area (Å²) in [7, 11) is 2.58. The number of sulfonamides is 1. The summed E-state index contributed by atoms with van der Waals surface area (Å²) in [5.74, 6) is 0.135. The average Bonchev–Trinajstić information content (AvgIpc) is 3.66. The Balaban J connectivity index is 1.23. The molecule has 12 nitrogen and oxygen atoms in total. The van der Waals surface area contributed by atoms with Gasteiger partial charge in [0.25, 0.3) is 11.8 Å². The van der Waals surface area contributed by atoms with Crippen LogP contribution >= 0.6 is 11.8 Å². The molecule has 0 saturated heterocycles. The number of halogens is 1. The van der Waals surface area contributed by atoms with Crippen molar-refractivity contribution >= 4 is 39.3 Å². The second-order valence-corrected chi connectivity index (χ2v) is 13.6. The van der Waals surface area contributed by atoms with Gasteiger partial charge in [0.1, 0.15) is 11.6 Å². The molecule has 0 radical (unpaired) electrons. The highest BCUT2D eigenvalue weighted by molar-refractivity contribution is 7.99. The highest BCUT2D eigenvalue weighted by Gasteiger charge is 2.33. The number of ether oxygens (including phenoxy) is 1. The number of methoxy groups -OCH3 is 1. The molecule has 1 aromatic heterocycles. The summed E-state index contributed by atoms with van der Waals surface area (Å²) >= 11 is 1.18. The first kappa shape index (κ1) is 32.8. The highest BCUT2D eigenvalue weighted by atomic mass is 32.2. The van der Waals surface area contributed by atoms with Crippen LogP contribution in [0.4, 0.5) is 4.39 Å². The van der Waals surface area contributed by atoms with Crippen LogP contribution in [0.5, 0.6) is 5.75 Å². The standard InChI is InChI=1S/C31H32FN7O5S2/c1-37(2)46(42,43)25-15-9-22(10-16-25)30(41)33-18-28-34-35-31(38(28)3)45-19-29(40)39-27(21-5-11-23(32)12-6-21)17-26(36-39)20-7-13-24(44-4)14-8-20/h5-16,27H,17-19H2,1-4H3,(H,33,41)/t27-/m1/s1. The van der Waals surface area contributed by atoms with Gasteiger partial charge in [0.05, 0.1) is 36.1 Å². The van der Waals surface area contributed by atoms with Gasteiger partial charge in [-0.3, -0.25) is 9.59 Å². The van der Waals surface area contributed by atoms with Crippen molar-refractivity contribution < 1.29 is 27.1 Å². The fraction of sp³-hybridized carbons (Fsp3) is 0.258. The van der Waals surface area contributed by atoms with E-state index in [1.165, 1.54) is 67.3 Å². The molecular formula is C31H32FN7O5S2. The molecule has 46 heavy (non-hydrogen) atoms. The van der Waals surface area contributed by atoms with Crippen molar-refractivity contribution in [2.75, 3.05) is 27.0 Å². The molecule has 1 aliphatic heterocycles. The van der Waals surface area contributed by atoms with Crippen LogP contribution in [0.3, 0.4) is 0 Å². The molecule has 3 aromatic carbocycles. The van der Waals surface area contributed by atoms with Crippen LogP contribution in [0.15, 0.2) is 87.9 Å². The molecular weight excluding hydrogens is 634 g/mol. The van der Waals surface area contributed by atoms with E-state index in [1.54, 1.807) is 30.9 Å². The summed E-state index contributed by atoms with van der Waals surface area (Å²) in [6.07, 6.45) is 0.455. The molecule has 0 spiro atoms. The van der Waals surface area contributed by atoms with E-state index in [1.807, 2.05) is 24.3 Å². The minimum absolute atomic E-state index is 0.0115. The first-order valence-corrected chi connectivity index (χ1v) is 16.5. The third-order valence-corrected chi connectivity index (χ3v) is 10.2. The monoisotopic (exact) mass is 665 g/mol. The molecule has 0 saturated carbocycles. The smallest absolute Gasteiger partial charge is 0.253 e. The van der Waals surface area contributed by atoms with Gasteiger partial charge in [-0.15, -0.1) is 10.2 Å². The van der Waals surface area contributed by atoms with Crippen molar-refractivity contribution in [3.05, 3.63) is 101 Å². The Morgan fingerprint density at radius 1 is 1.02 bits per heavy atom. The van der Waals surface area contributed by atoms with Crippen LogP contribution in [0.1, 0.15) is 39.8 Å². The number of thioether (sulfide) groups is 1.